The molecule has 1 atom stereocenters. The number of benzene rings is 1. The third-order valence-electron chi connectivity index (χ3n) is 3.23. The van der Waals surface area contributed by atoms with Gasteiger partial charge in [-0.05, 0) is 26.3 Å². The van der Waals surface area contributed by atoms with E-state index in [1.807, 2.05) is 17.7 Å². The van der Waals surface area contributed by atoms with Gasteiger partial charge in [0.15, 0.2) is 0 Å². The summed E-state index contributed by atoms with van der Waals surface area (Å²) in [5.74, 6) is 0. The lowest BCUT2D eigenvalue weighted by atomic mass is 10.1. The van der Waals surface area contributed by atoms with E-state index >= 15 is 0 Å². The third-order valence-corrected chi connectivity index (χ3v) is 3.60. The van der Waals surface area contributed by atoms with Gasteiger partial charge in [0.25, 0.3) is 0 Å². The highest BCUT2D eigenvalue weighted by Gasteiger charge is 2.13. The molecular formula is C15H21ClN2O. The molecule has 4 heteroatoms. The first kappa shape index (κ1) is 14.4. The van der Waals surface area contributed by atoms with Gasteiger partial charge in [-0.3, -0.25) is 4.68 Å². The third kappa shape index (κ3) is 3.48. The van der Waals surface area contributed by atoms with Gasteiger partial charge in [-0.15, -0.1) is 11.6 Å². The number of rotatable bonds is 7. The van der Waals surface area contributed by atoms with Crippen LogP contribution in [-0.2, 0) is 17.7 Å². The largest absolute Gasteiger partial charge is 0.382 e. The fraction of sp³-hybridized carbons (Fsp3) is 0.533. The first-order valence-corrected chi connectivity index (χ1v) is 7.36. The van der Waals surface area contributed by atoms with Crippen LogP contribution in [0.4, 0.5) is 0 Å². The predicted octanol–water partition coefficient (Wildman–Crippen LogP) is 3.63. The van der Waals surface area contributed by atoms with Gasteiger partial charge in [-0.25, -0.2) is 0 Å². The number of para-hydroxylation sites is 1. The van der Waals surface area contributed by atoms with Crippen molar-refractivity contribution in [1.29, 1.82) is 0 Å². The van der Waals surface area contributed by atoms with Gasteiger partial charge in [0, 0.05) is 36.9 Å². The van der Waals surface area contributed by atoms with Crippen molar-refractivity contribution in [2.24, 2.45) is 0 Å². The molecule has 0 amide bonds. The summed E-state index contributed by atoms with van der Waals surface area (Å²) in [5.41, 5.74) is 2.28. The van der Waals surface area contributed by atoms with Gasteiger partial charge in [0.05, 0.1) is 11.2 Å². The van der Waals surface area contributed by atoms with Crippen molar-refractivity contribution >= 4 is 22.5 Å². The van der Waals surface area contributed by atoms with Crippen LogP contribution in [-0.4, -0.2) is 28.4 Å². The highest BCUT2D eigenvalue weighted by Crippen LogP contribution is 2.21. The quantitative estimate of drug-likeness (QED) is 0.572. The molecule has 1 unspecified atom stereocenters. The minimum absolute atomic E-state index is 0.0789. The molecule has 2 rings (SSSR count). The van der Waals surface area contributed by atoms with Gasteiger partial charge in [0.2, 0.25) is 0 Å². The van der Waals surface area contributed by atoms with E-state index in [4.69, 9.17) is 16.3 Å². The van der Waals surface area contributed by atoms with Crippen LogP contribution in [0.3, 0.4) is 0 Å². The molecule has 19 heavy (non-hydrogen) atoms. The van der Waals surface area contributed by atoms with E-state index in [9.17, 15) is 0 Å². The van der Waals surface area contributed by atoms with Crippen molar-refractivity contribution < 1.29 is 4.74 Å². The summed E-state index contributed by atoms with van der Waals surface area (Å²) < 4.78 is 7.38. The van der Waals surface area contributed by atoms with Crippen LogP contribution in [0.15, 0.2) is 24.3 Å². The molecule has 0 saturated carbocycles. The molecule has 0 spiro atoms. The maximum Gasteiger partial charge on any atom is 0.0718 e. The van der Waals surface area contributed by atoms with Crippen molar-refractivity contribution in [2.75, 3.05) is 13.2 Å². The van der Waals surface area contributed by atoms with Crippen molar-refractivity contribution in [2.45, 2.75) is 38.6 Å². The van der Waals surface area contributed by atoms with Gasteiger partial charge in [-0.1, -0.05) is 18.2 Å². The van der Waals surface area contributed by atoms with Crippen LogP contribution in [0.25, 0.3) is 10.9 Å². The van der Waals surface area contributed by atoms with E-state index in [0.717, 1.165) is 38.3 Å². The predicted molar refractivity (Wildman–Crippen MR) is 79.9 cm³/mol. The first-order valence-electron chi connectivity index (χ1n) is 6.92. The van der Waals surface area contributed by atoms with Crippen molar-refractivity contribution in [3.63, 3.8) is 0 Å². The zero-order chi connectivity index (χ0) is 13.7. The van der Waals surface area contributed by atoms with Crippen LogP contribution in [0.1, 0.15) is 26.0 Å². The van der Waals surface area contributed by atoms with Gasteiger partial charge >= 0.3 is 0 Å². The number of hydrogen-bond donors (Lipinski definition) is 0. The second kappa shape index (κ2) is 6.92. The van der Waals surface area contributed by atoms with E-state index in [2.05, 4.69) is 30.2 Å². The smallest absolute Gasteiger partial charge is 0.0718 e. The van der Waals surface area contributed by atoms with Crippen molar-refractivity contribution in [1.82, 2.24) is 9.78 Å². The molecule has 0 aliphatic carbocycles. The summed E-state index contributed by atoms with van der Waals surface area (Å²) >= 11 is 6.37. The molecule has 0 saturated heterocycles. The summed E-state index contributed by atoms with van der Waals surface area (Å²) in [6.07, 6.45) is 1.66. The fourth-order valence-electron chi connectivity index (χ4n) is 2.26. The number of nitrogens with zero attached hydrogens (tertiary/aromatic N) is 2. The second-order valence-electron chi connectivity index (χ2n) is 4.57. The maximum absolute atomic E-state index is 6.37. The lowest BCUT2D eigenvalue weighted by molar-refractivity contribution is 0.144. The van der Waals surface area contributed by atoms with Crippen LogP contribution in [0.2, 0.25) is 0 Å². The Bertz CT molecular complexity index is 524. The van der Waals surface area contributed by atoms with Crippen molar-refractivity contribution in [3.8, 4) is 0 Å². The molecule has 0 N–H and O–H groups in total. The topological polar surface area (TPSA) is 27.1 Å². The lowest BCUT2D eigenvalue weighted by Crippen LogP contribution is -2.09. The number of aromatic nitrogens is 2. The van der Waals surface area contributed by atoms with Crippen LogP contribution in [0.5, 0.6) is 0 Å². The molecule has 0 aliphatic rings. The molecule has 1 aromatic heterocycles. The van der Waals surface area contributed by atoms with E-state index in [-0.39, 0.29) is 5.38 Å². The summed E-state index contributed by atoms with van der Waals surface area (Å²) in [7, 11) is 0. The van der Waals surface area contributed by atoms with Crippen LogP contribution in [0, 0.1) is 0 Å². The molecule has 0 fully saturated rings. The molecule has 104 valence electrons. The Balaban J connectivity index is 2.12. The average molecular weight is 281 g/mol. The number of ether oxygens (including phenoxy) is 1. The number of fused-ring (bicyclic) bond motifs is 1. The maximum atomic E-state index is 6.37. The van der Waals surface area contributed by atoms with Gasteiger partial charge < -0.3 is 4.74 Å². The Kier molecular flexibility index (Phi) is 5.23. The second-order valence-corrected chi connectivity index (χ2v) is 5.18. The van der Waals surface area contributed by atoms with E-state index in [1.165, 1.54) is 10.9 Å². The van der Waals surface area contributed by atoms with Gasteiger partial charge in [0.1, 0.15) is 0 Å². The van der Waals surface area contributed by atoms with Crippen LogP contribution >= 0.6 is 11.6 Å². The number of alkyl halides is 1. The fourth-order valence-corrected chi connectivity index (χ4v) is 2.49. The number of aryl methyl sites for hydroxylation is 1. The molecule has 1 aromatic carbocycles. The standard InChI is InChI=1S/C15H21ClN2O/c1-3-18-15-8-6-5-7-13(15)14(17-18)11-12(16)9-10-19-4-2/h5-8,12H,3-4,9-11H2,1-2H3. The first-order chi connectivity index (χ1) is 9.26. The van der Waals surface area contributed by atoms with Crippen LogP contribution < -0.4 is 0 Å². The monoisotopic (exact) mass is 280 g/mol. The zero-order valence-electron chi connectivity index (χ0n) is 11.6. The molecule has 0 bridgehead atoms. The molecule has 2 aromatic rings. The Morgan fingerprint density at radius 3 is 2.84 bits per heavy atom. The Morgan fingerprint density at radius 1 is 1.32 bits per heavy atom. The summed E-state index contributed by atoms with van der Waals surface area (Å²) in [6, 6.07) is 8.33. The summed E-state index contributed by atoms with van der Waals surface area (Å²) in [5, 5.41) is 5.96. The minimum Gasteiger partial charge on any atom is -0.382 e. The SMILES string of the molecule is CCOCCC(Cl)Cc1nn(CC)c2ccccc12. The highest BCUT2D eigenvalue weighted by molar-refractivity contribution is 6.20. The molecule has 0 aliphatic heterocycles. The van der Waals surface area contributed by atoms with E-state index in [1.54, 1.807) is 0 Å². The Hall–Kier alpha value is -1.06. The van der Waals surface area contributed by atoms with E-state index < -0.39 is 0 Å². The van der Waals surface area contributed by atoms with Crippen molar-refractivity contribution in [3.05, 3.63) is 30.0 Å². The lowest BCUT2D eigenvalue weighted by Gasteiger charge is -2.07. The normalized spacial score (nSPS) is 13.0. The average Bonchev–Trinajstić information content (AvgIpc) is 2.77. The number of halogens is 1. The molecule has 3 nitrogen and oxygen atoms in total. The molecule has 0 radical (unpaired) electrons. The number of hydrogen-bond acceptors (Lipinski definition) is 2. The van der Waals surface area contributed by atoms with Gasteiger partial charge in [-0.2, -0.15) is 5.10 Å². The summed E-state index contributed by atoms with van der Waals surface area (Å²) in [6.45, 7) is 6.46. The minimum atomic E-state index is 0.0789. The zero-order valence-corrected chi connectivity index (χ0v) is 12.4. The molecular weight excluding hydrogens is 260 g/mol. The summed E-state index contributed by atoms with van der Waals surface area (Å²) in [4.78, 5) is 0. The van der Waals surface area contributed by atoms with E-state index in [0.29, 0.717) is 0 Å². The highest BCUT2D eigenvalue weighted by atomic mass is 35.5. The Labute approximate surface area is 119 Å². The Morgan fingerprint density at radius 2 is 2.11 bits per heavy atom. The molecule has 1 heterocycles.